The van der Waals surface area contributed by atoms with Crippen LogP contribution in [-0.2, 0) is 6.54 Å². The number of hydrogen-bond donors (Lipinski definition) is 1. The van der Waals surface area contributed by atoms with Gasteiger partial charge in [-0.25, -0.2) is 9.97 Å². The van der Waals surface area contributed by atoms with Crippen LogP contribution >= 0.6 is 0 Å². The minimum Gasteiger partial charge on any atom is -0.309 e. The Hall–Kier alpha value is -1.00. The summed E-state index contributed by atoms with van der Waals surface area (Å²) >= 11 is 0. The number of nitrogens with one attached hydrogen (secondary N) is 1. The Morgan fingerprint density at radius 2 is 2.18 bits per heavy atom. The van der Waals surface area contributed by atoms with E-state index in [0.29, 0.717) is 5.54 Å². The molecule has 4 heteroatoms. The quantitative estimate of drug-likeness (QED) is 0.835. The molecule has 1 aliphatic rings. The number of likely N-dealkylation sites (N-methyl/N-ethyl adjacent to an activating group) is 1. The van der Waals surface area contributed by atoms with Crippen LogP contribution in [0.3, 0.4) is 0 Å². The molecule has 0 aromatic carbocycles. The van der Waals surface area contributed by atoms with E-state index in [9.17, 15) is 0 Å². The third-order valence-corrected chi connectivity index (χ3v) is 3.83. The smallest absolute Gasteiger partial charge is 0.125 e. The fraction of sp³-hybridized carbons (Fsp3) is 0.692. The zero-order chi connectivity index (χ0) is 12.3. The van der Waals surface area contributed by atoms with Crippen LogP contribution in [0.1, 0.15) is 30.8 Å². The molecule has 0 unspecified atom stereocenters. The third kappa shape index (κ3) is 2.82. The van der Waals surface area contributed by atoms with Gasteiger partial charge in [-0.15, -0.1) is 0 Å². The van der Waals surface area contributed by atoms with E-state index in [4.69, 9.17) is 0 Å². The van der Waals surface area contributed by atoms with Crippen LogP contribution < -0.4 is 5.32 Å². The van der Waals surface area contributed by atoms with E-state index in [1.807, 2.05) is 19.2 Å². The van der Waals surface area contributed by atoms with Crippen LogP contribution in [0, 0.1) is 6.92 Å². The largest absolute Gasteiger partial charge is 0.309 e. The number of aryl methyl sites for hydroxylation is 1. The summed E-state index contributed by atoms with van der Waals surface area (Å²) in [5.41, 5.74) is 1.45. The van der Waals surface area contributed by atoms with Gasteiger partial charge in [0.15, 0.2) is 0 Å². The van der Waals surface area contributed by atoms with E-state index >= 15 is 0 Å². The van der Waals surface area contributed by atoms with Gasteiger partial charge in [-0.1, -0.05) is 0 Å². The van der Waals surface area contributed by atoms with Crippen molar-refractivity contribution in [2.24, 2.45) is 0 Å². The van der Waals surface area contributed by atoms with Crippen molar-refractivity contribution in [3.8, 4) is 0 Å². The second-order valence-corrected chi connectivity index (χ2v) is 5.17. The molecule has 0 bridgehead atoms. The number of nitrogens with zero attached hydrogens (tertiary/aromatic N) is 3. The molecule has 1 N–H and O–H groups in total. The van der Waals surface area contributed by atoms with E-state index in [0.717, 1.165) is 24.6 Å². The molecule has 1 saturated carbocycles. The average Bonchev–Trinajstić information content (AvgIpc) is 2.21. The van der Waals surface area contributed by atoms with Gasteiger partial charge in [0.25, 0.3) is 0 Å². The summed E-state index contributed by atoms with van der Waals surface area (Å²) in [5, 5.41) is 3.52. The minimum absolute atomic E-state index is 0.377. The standard InChI is InChI=1S/C13H22N4/c1-11-15-8-5-12(16-11)9-14-10-13(17(2)3)6-4-7-13/h5,8,14H,4,6-7,9-10H2,1-3H3. The van der Waals surface area contributed by atoms with E-state index in [1.165, 1.54) is 19.3 Å². The number of hydrogen-bond acceptors (Lipinski definition) is 4. The molecule has 1 aromatic heterocycles. The van der Waals surface area contributed by atoms with Crippen LogP contribution in [0.5, 0.6) is 0 Å². The fourth-order valence-corrected chi connectivity index (χ4v) is 2.39. The van der Waals surface area contributed by atoms with Gasteiger partial charge in [0.1, 0.15) is 5.82 Å². The predicted molar refractivity (Wildman–Crippen MR) is 68.7 cm³/mol. The van der Waals surface area contributed by atoms with Gasteiger partial charge in [-0.3, -0.25) is 0 Å². The van der Waals surface area contributed by atoms with Gasteiger partial charge < -0.3 is 10.2 Å². The van der Waals surface area contributed by atoms with E-state index in [-0.39, 0.29) is 0 Å². The van der Waals surface area contributed by atoms with Crippen molar-refractivity contribution in [3.63, 3.8) is 0 Å². The van der Waals surface area contributed by atoms with Gasteiger partial charge in [0.2, 0.25) is 0 Å². The second-order valence-electron chi connectivity index (χ2n) is 5.17. The van der Waals surface area contributed by atoms with Crippen molar-refractivity contribution in [1.29, 1.82) is 0 Å². The monoisotopic (exact) mass is 234 g/mol. The van der Waals surface area contributed by atoms with Crippen LogP contribution in [0.15, 0.2) is 12.3 Å². The molecular formula is C13H22N4. The highest BCUT2D eigenvalue weighted by Crippen LogP contribution is 2.35. The Bertz CT molecular complexity index is 371. The highest BCUT2D eigenvalue weighted by atomic mass is 15.2. The van der Waals surface area contributed by atoms with E-state index in [2.05, 4.69) is 34.3 Å². The molecule has 0 atom stereocenters. The lowest BCUT2D eigenvalue weighted by atomic mass is 9.75. The zero-order valence-electron chi connectivity index (χ0n) is 11.0. The first-order chi connectivity index (χ1) is 8.12. The molecule has 94 valence electrons. The molecule has 0 saturated heterocycles. The molecule has 0 radical (unpaired) electrons. The molecule has 0 aliphatic heterocycles. The Morgan fingerprint density at radius 3 is 2.71 bits per heavy atom. The summed E-state index contributed by atoms with van der Waals surface area (Å²) in [7, 11) is 4.35. The van der Waals surface area contributed by atoms with Gasteiger partial charge in [-0.2, -0.15) is 0 Å². The summed E-state index contributed by atoms with van der Waals surface area (Å²) in [5.74, 6) is 0.843. The van der Waals surface area contributed by atoms with Crippen LogP contribution in [-0.4, -0.2) is 41.0 Å². The lowest BCUT2D eigenvalue weighted by Crippen LogP contribution is -2.56. The molecule has 1 aliphatic carbocycles. The maximum atomic E-state index is 4.39. The minimum atomic E-state index is 0.377. The van der Waals surface area contributed by atoms with Crippen molar-refractivity contribution in [2.45, 2.75) is 38.3 Å². The van der Waals surface area contributed by atoms with Crippen LogP contribution in [0.4, 0.5) is 0 Å². The third-order valence-electron chi connectivity index (χ3n) is 3.83. The molecule has 1 fully saturated rings. The maximum absolute atomic E-state index is 4.39. The summed E-state index contributed by atoms with van der Waals surface area (Å²) in [6.45, 7) is 3.80. The Morgan fingerprint density at radius 1 is 1.41 bits per heavy atom. The molecule has 1 heterocycles. The predicted octanol–water partition coefficient (Wildman–Crippen LogP) is 1.36. The van der Waals surface area contributed by atoms with Crippen LogP contribution in [0.25, 0.3) is 0 Å². The molecular weight excluding hydrogens is 212 g/mol. The fourth-order valence-electron chi connectivity index (χ4n) is 2.39. The van der Waals surface area contributed by atoms with Gasteiger partial charge in [0.05, 0.1) is 5.69 Å². The molecule has 2 rings (SSSR count). The highest BCUT2D eigenvalue weighted by molar-refractivity contribution is 5.03. The molecule has 0 spiro atoms. The van der Waals surface area contributed by atoms with Gasteiger partial charge >= 0.3 is 0 Å². The molecule has 0 amide bonds. The molecule has 4 nitrogen and oxygen atoms in total. The van der Waals surface area contributed by atoms with Crippen molar-refractivity contribution in [3.05, 3.63) is 23.8 Å². The van der Waals surface area contributed by atoms with Gasteiger partial charge in [0, 0.05) is 24.8 Å². The molecule has 17 heavy (non-hydrogen) atoms. The van der Waals surface area contributed by atoms with Crippen molar-refractivity contribution < 1.29 is 0 Å². The first kappa shape index (κ1) is 12.5. The Balaban J connectivity index is 1.83. The summed E-state index contributed by atoms with van der Waals surface area (Å²) in [6, 6.07) is 1.98. The highest BCUT2D eigenvalue weighted by Gasteiger charge is 2.38. The van der Waals surface area contributed by atoms with E-state index in [1.54, 1.807) is 0 Å². The first-order valence-corrected chi connectivity index (χ1v) is 6.29. The number of aromatic nitrogens is 2. The first-order valence-electron chi connectivity index (χ1n) is 6.29. The molecule has 1 aromatic rings. The van der Waals surface area contributed by atoms with Crippen molar-refractivity contribution in [2.75, 3.05) is 20.6 Å². The lowest BCUT2D eigenvalue weighted by molar-refractivity contribution is 0.0597. The summed E-state index contributed by atoms with van der Waals surface area (Å²) in [4.78, 5) is 10.9. The SMILES string of the molecule is Cc1nccc(CNCC2(N(C)C)CCC2)n1. The summed E-state index contributed by atoms with van der Waals surface area (Å²) < 4.78 is 0. The van der Waals surface area contributed by atoms with E-state index < -0.39 is 0 Å². The Labute approximate surface area is 103 Å². The average molecular weight is 234 g/mol. The van der Waals surface area contributed by atoms with Crippen molar-refractivity contribution in [1.82, 2.24) is 20.2 Å². The zero-order valence-corrected chi connectivity index (χ0v) is 11.0. The summed E-state index contributed by atoms with van der Waals surface area (Å²) in [6.07, 6.45) is 5.78. The van der Waals surface area contributed by atoms with Crippen LogP contribution in [0.2, 0.25) is 0 Å². The van der Waals surface area contributed by atoms with Crippen molar-refractivity contribution >= 4 is 0 Å². The Kier molecular flexibility index (Phi) is 3.74. The second kappa shape index (κ2) is 5.10. The lowest BCUT2D eigenvalue weighted by Gasteiger charge is -2.47. The van der Waals surface area contributed by atoms with Gasteiger partial charge in [-0.05, 0) is 46.3 Å². The number of rotatable bonds is 5. The topological polar surface area (TPSA) is 41.1 Å². The normalized spacial score (nSPS) is 18.1. The maximum Gasteiger partial charge on any atom is 0.125 e.